The third-order valence-corrected chi connectivity index (χ3v) is 4.12. The van der Waals surface area contributed by atoms with Gasteiger partial charge in [-0.2, -0.15) is 0 Å². The zero-order valence-corrected chi connectivity index (χ0v) is 11.0. The molecule has 0 fully saturated rings. The Kier molecular flexibility index (Phi) is 2.67. The second kappa shape index (κ2) is 4.21. The van der Waals surface area contributed by atoms with E-state index < -0.39 is 0 Å². The molecule has 0 saturated carbocycles. The second-order valence-electron chi connectivity index (χ2n) is 4.43. The van der Waals surface area contributed by atoms with Gasteiger partial charge in [-0.25, -0.2) is 9.38 Å². The van der Waals surface area contributed by atoms with Gasteiger partial charge >= 0.3 is 0 Å². The summed E-state index contributed by atoms with van der Waals surface area (Å²) in [5, 5.41) is 3.26. The molecule has 0 bridgehead atoms. The maximum Gasteiger partial charge on any atom is 0.125 e. The number of hydrogen-bond donors (Lipinski definition) is 1. The average Bonchev–Trinajstić information content (AvgIpc) is 2.67. The highest BCUT2D eigenvalue weighted by atomic mass is 32.1. The first kappa shape index (κ1) is 11.4. The topological polar surface area (TPSA) is 24.4 Å². The van der Waals surface area contributed by atoms with Crippen molar-refractivity contribution in [1.29, 1.82) is 0 Å². The smallest absolute Gasteiger partial charge is 0.125 e. The molecule has 0 aliphatic carbocycles. The summed E-state index contributed by atoms with van der Waals surface area (Å²) in [5.41, 5.74) is 2.98. The van der Waals surface area contributed by atoms with Crippen LogP contribution in [0.15, 0.2) is 29.3 Å². The van der Waals surface area contributed by atoms with E-state index in [2.05, 4.69) is 30.2 Å². The number of aryl methyl sites for hydroxylation is 2. The zero-order chi connectivity index (χ0) is 12.7. The van der Waals surface area contributed by atoms with Crippen molar-refractivity contribution < 1.29 is 4.39 Å². The Hall–Kier alpha value is -1.68. The van der Waals surface area contributed by atoms with E-state index >= 15 is 0 Å². The van der Waals surface area contributed by atoms with Gasteiger partial charge in [-0.05, 0) is 37.6 Å². The van der Waals surface area contributed by atoms with Gasteiger partial charge in [-0.15, -0.1) is 11.3 Å². The van der Waals surface area contributed by atoms with Crippen molar-refractivity contribution >= 4 is 23.4 Å². The lowest BCUT2D eigenvalue weighted by Gasteiger charge is -2.23. The average molecular weight is 260 g/mol. The molecule has 1 atom stereocenters. The summed E-state index contributed by atoms with van der Waals surface area (Å²) >= 11 is 1.78. The Labute approximate surface area is 109 Å². The quantitative estimate of drug-likeness (QED) is 0.827. The lowest BCUT2D eigenvalue weighted by Crippen LogP contribution is -2.23. The SMILES string of the molecule is Cc1cc(C2NC=Nc3cc(F)ccc32)c(C)s1. The maximum absolute atomic E-state index is 13.2. The first-order chi connectivity index (χ1) is 8.65. The second-order valence-corrected chi connectivity index (χ2v) is 5.89. The fourth-order valence-corrected chi connectivity index (χ4v) is 3.30. The van der Waals surface area contributed by atoms with Gasteiger partial charge in [0.1, 0.15) is 5.82 Å². The van der Waals surface area contributed by atoms with Crippen LogP contribution in [0.3, 0.4) is 0 Å². The number of fused-ring (bicyclic) bond motifs is 1. The van der Waals surface area contributed by atoms with Gasteiger partial charge in [0, 0.05) is 15.3 Å². The standard InChI is InChI=1S/C14H13FN2S/c1-8-5-12(9(2)18-8)14-11-4-3-10(15)6-13(11)16-7-17-14/h3-7,14H,1-2H3,(H,16,17). The molecular weight excluding hydrogens is 247 g/mol. The van der Waals surface area contributed by atoms with Crippen LogP contribution in [0.5, 0.6) is 0 Å². The highest BCUT2D eigenvalue weighted by Crippen LogP contribution is 2.36. The minimum Gasteiger partial charge on any atom is -0.365 e. The number of hydrogen-bond acceptors (Lipinski definition) is 3. The first-order valence-electron chi connectivity index (χ1n) is 5.80. The summed E-state index contributed by atoms with van der Waals surface area (Å²) in [6.07, 6.45) is 1.65. The Balaban J connectivity index is 2.11. The Morgan fingerprint density at radius 1 is 1.22 bits per heavy atom. The number of benzene rings is 1. The Morgan fingerprint density at radius 3 is 2.78 bits per heavy atom. The third-order valence-electron chi connectivity index (χ3n) is 3.14. The number of rotatable bonds is 1. The number of nitrogens with zero attached hydrogens (tertiary/aromatic N) is 1. The predicted molar refractivity (Wildman–Crippen MR) is 73.3 cm³/mol. The van der Waals surface area contributed by atoms with Gasteiger partial charge in [0.15, 0.2) is 0 Å². The van der Waals surface area contributed by atoms with Gasteiger partial charge in [0.05, 0.1) is 18.1 Å². The predicted octanol–water partition coefficient (Wildman–Crippen LogP) is 3.86. The Morgan fingerprint density at radius 2 is 2.06 bits per heavy atom. The highest BCUT2D eigenvalue weighted by molar-refractivity contribution is 7.12. The molecule has 0 spiro atoms. The van der Waals surface area contributed by atoms with Crippen LogP contribution in [-0.4, -0.2) is 6.34 Å². The fourth-order valence-electron chi connectivity index (χ4n) is 2.34. The summed E-state index contributed by atoms with van der Waals surface area (Å²) in [6.45, 7) is 4.22. The van der Waals surface area contributed by atoms with E-state index in [0.29, 0.717) is 5.69 Å². The van der Waals surface area contributed by atoms with Crippen LogP contribution in [0.4, 0.5) is 10.1 Å². The molecule has 0 amide bonds. The molecule has 0 saturated heterocycles. The van der Waals surface area contributed by atoms with Crippen molar-refractivity contribution in [1.82, 2.24) is 5.32 Å². The molecule has 1 aromatic heterocycles. The molecule has 2 heterocycles. The summed E-state index contributed by atoms with van der Waals surface area (Å²) in [7, 11) is 0. The van der Waals surface area contributed by atoms with Crippen LogP contribution in [0.1, 0.15) is 26.9 Å². The molecule has 1 aromatic carbocycles. The fraction of sp³-hybridized carbons (Fsp3) is 0.214. The van der Waals surface area contributed by atoms with Crippen molar-refractivity contribution in [3.8, 4) is 0 Å². The monoisotopic (exact) mass is 260 g/mol. The normalized spacial score (nSPS) is 17.4. The van der Waals surface area contributed by atoms with E-state index in [1.165, 1.54) is 27.5 Å². The van der Waals surface area contributed by atoms with Crippen molar-refractivity contribution in [2.45, 2.75) is 19.9 Å². The zero-order valence-electron chi connectivity index (χ0n) is 10.2. The minimum atomic E-state index is -0.246. The first-order valence-corrected chi connectivity index (χ1v) is 6.62. The molecule has 0 radical (unpaired) electrons. The van der Waals surface area contributed by atoms with E-state index in [-0.39, 0.29) is 11.9 Å². The van der Waals surface area contributed by atoms with Crippen molar-refractivity contribution in [2.75, 3.05) is 0 Å². The minimum absolute atomic E-state index is 0.0723. The van der Waals surface area contributed by atoms with Crippen molar-refractivity contribution in [2.24, 2.45) is 4.99 Å². The van der Waals surface area contributed by atoms with Gasteiger partial charge in [0.2, 0.25) is 0 Å². The third kappa shape index (κ3) is 1.82. The molecule has 92 valence electrons. The summed E-state index contributed by atoms with van der Waals surface area (Å²) in [4.78, 5) is 6.77. The van der Waals surface area contributed by atoms with Crippen LogP contribution < -0.4 is 5.32 Å². The van der Waals surface area contributed by atoms with Crippen LogP contribution in [-0.2, 0) is 0 Å². The Bertz CT molecular complexity index is 631. The molecular formula is C14H13FN2S. The molecule has 2 aromatic rings. The van der Waals surface area contributed by atoms with Crippen molar-refractivity contribution in [3.05, 3.63) is 51.0 Å². The van der Waals surface area contributed by atoms with Crippen LogP contribution in [0.2, 0.25) is 0 Å². The molecule has 4 heteroatoms. The lowest BCUT2D eigenvalue weighted by atomic mass is 9.96. The van der Waals surface area contributed by atoms with Crippen LogP contribution in [0.25, 0.3) is 0 Å². The largest absolute Gasteiger partial charge is 0.365 e. The molecule has 1 aliphatic heterocycles. The molecule has 2 nitrogen and oxygen atoms in total. The number of thiophene rings is 1. The van der Waals surface area contributed by atoms with Crippen LogP contribution in [0, 0.1) is 19.7 Å². The van der Waals surface area contributed by atoms with Crippen molar-refractivity contribution in [3.63, 3.8) is 0 Å². The number of nitrogens with one attached hydrogen (secondary N) is 1. The van der Waals surface area contributed by atoms with E-state index in [1.54, 1.807) is 17.7 Å². The summed E-state index contributed by atoms with van der Waals surface area (Å²) in [6, 6.07) is 7.04. The van der Waals surface area contributed by atoms with Crippen LogP contribution >= 0.6 is 11.3 Å². The van der Waals surface area contributed by atoms with E-state index in [4.69, 9.17) is 0 Å². The van der Waals surface area contributed by atoms with Gasteiger partial charge in [0.25, 0.3) is 0 Å². The van der Waals surface area contributed by atoms with Gasteiger partial charge in [-0.3, -0.25) is 0 Å². The summed E-state index contributed by atoms with van der Waals surface area (Å²) in [5.74, 6) is -0.246. The molecule has 1 N–H and O–H groups in total. The lowest BCUT2D eigenvalue weighted by molar-refractivity contribution is 0.625. The number of halogens is 1. The van der Waals surface area contributed by atoms with E-state index in [9.17, 15) is 4.39 Å². The highest BCUT2D eigenvalue weighted by Gasteiger charge is 2.22. The maximum atomic E-state index is 13.2. The van der Waals surface area contributed by atoms with Gasteiger partial charge in [-0.1, -0.05) is 6.07 Å². The summed E-state index contributed by atoms with van der Waals surface area (Å²) < 4.78 is 13.2. The molecule has 3 rings (SSSR count). The number of aliphatic imine (C=N–C) groups is 1. The van der Waals surface area contributed by atoms with E-state index in [1.807, 2.05) is 6.07 Å². The molecule has 1 aliphatic rings. The van der Waals surface area contributed by atoms with Gasteiger partial charge < -0.3 is 5.32 Å². The molecule has 18 heavy (non-hydrogen) atoms. The van der Waals surface area contributed by atoms with E-state index in [0.717, 1.165) is 5.56 Å². The molecule has 1 unspecified atom stereocenters.